The zero-order valence-electron chi connectivity index (χ0n) is 32.6. The fourth-order valence-electron chi connectivity index (χ4n) is 5.65. The third kappa shape index (κ3) is 21.4. The number of aliphatic hydroxyl groups is 1. The fraction of sp³-hybridized carbons (Fsp3) is 0.628. The van der Waals surface area contributed by atoms with Gasteiger partial charge in [-0.15, -0.1) is 0 Å². The summed E-state index contributed by atoms with van der Waals surface area (Å²) in [5.41, 5.74) is 8.37. The van der Waals surface area contributed by atoms with Crippen molar-refractivity contribution in [3.05, 3.63) is 92.0 Å². The first kappa shape index (κ1) is 44.8. The topological polar surface area (TPSA) is 54.4 Å². The molecule has 0 spiro atoms. The highest BCUT2D eigenvalue weighted by Gasteiger charge is 2.39. The Bertz CT molecular complexity index is 1230. The van der Waals surface area contributed by atoms with Crippen LogP contribution >= 0.6 is 0 Å². The van der Waals surface area contributed by atoms with Gasteiger partial charge in [-0.3, -0.25) is 0 Å². The van der Waals surface area contributed by atoms with Crippen LogP contribution in [-0.2, 0) is 9.84 Å². The molecule has 3 nitrogen and oxygen atoms in total. The van der Waals surface area contributed by atoms with Crippen LogP contribution in [0.5, 0.6) is 0 Å². The zero-order chi connectivity index (χ0) is 36.0. The van der Waals surface area contributed by atoms with E-state index in [1.54, 1.807) is 0 Å². The first-order chi connectivity index (χ1) is 21.9. The average Bonchev–Trinajstić information content (AvgIpc) is 2.94. The molecule has 0 aliphatic rings. The van der Waals surface area contributed by atoms with Gasteiger partial charge in [-0.1, -0.05) is 94.0 Å². The van der Waals surface area contributed by atoms with Crippen molar-refractivity contribution in [1.29, 1.82) is 0 Å². The minimum Gasteiger partial charge on any atom is -0.384 e. The van der Waals surface area contributed by atoms with Crippen LogP contribution in [0.3, 0.4) is 0 Å². The lowest BCUT2D eigenvalue weighted by molar-refractivity contribution is 0.0905. The number of rotatable bonds is 23. The van der Waals surface area contributed by atoms with Crippen molar-refractivity contribution in [2.45, 2.75) is 172 Å². The normalized spacial score (nSPS) is 15.2. The predicted octanol–water partition coefficient (Wildman–Crippen LogP) is 13.2. The Balaban J connectivity index is 6.29. The molecule has 0 radical (unpaired) electrons. The van der Waals surface area contributed by atoms with E-state index < -0.39 is 15.4 Å². The van der Waals surface area contributed by atoms with Gasteiger partial charge in [0.05, 0.1) is 10.7 Å². The summed E-state index contributed by atoms with van der Waals surface area (Å²) in [4.78, 5) is 0.243. The third-order valence-electron chi connectivity index (χ3n) is 8.49. The van der Waals surface area contributed by atoms with Gasteiger partial charge in [0, 0.05) is 0 Å². The molecule has 0 fully saturated rings. The summed E-state index contributed by atoms with van der Waals surface area (Å²) < 4.78 is 27.7. The Hall–Kier alpha value is -2.17. The molecule has 4 heteroatoms. The molecule has 0 heterocycles. The van der Waals surface area contributed by atoms with Crippen molar-refractivity contribution >= 4 is 9.84 Å². The first-order valence-corrected chi connectivity index (χ1v) is 19.8. The summed E-state index contributed by atoms with van der Waals surface area (Å²) >= 11 is 0. The second kappa shape index (κ2) is 24.0. The second-order valence-electron chi connectivity index (χ2n) is 14.6. The van der Waals surface area contributed by atoms with Crippen LogP contribution in [0.2, 0.25) is 0 Å². The molecule has 0 aromatic rings. The van der Waals surface area contributed by atoms with Crippen LogP contribution in [0.4, 0.5) is 0 Å². The highest BCUT2D eigenvalue weighted by molar-refractivity contribution is 7.95. The lowest BCUT2D eigenvalue weighted by Crippen LogP contribution is -2.36. The first-order valence-electron chi connectivity index (χ1n) is 18.1. The van der Waals surface area contributed by atoms with E-state index in [0.29, 0.717) is 12.8 Å². The maximum Gasteiger partial charge on any atom is 0.177 e. The minimum absolute atomic E-state index is 0.0453. The molecule has 0 bridgehead atoms. The third-order valence-corrected chi connectivity index (χ3v) is 10.8. The summed E-state index contributed by atoms with van der Waals surface area (Å²) in [7, 11) is -3.64. The Morgan fingerprint density at radius 3 is 1.17 bits per heavy atom. The molecule has 0 unspecified atom stereocenters. The maximum atomic E-state index is 13.9. The molecule has 0 aromatic heterocycles. The average molecular weight is 669 g/mol. The van der Waals surface area contributed by atoms with E-state index in [0.717, 1.165) is 63.4 Å². The Morgan fingerprint density at radius 1 is 0.511 bits per heavy atom. The molecule has 0 saturated heterocycles. The van der Waals surface area contributed by atoms with Gasteiger partial charge in [-0.05, 0) is 160 Å². The van der Waals surface area contributed by atoms with Crippen molar-refractivity contribution in [1.82, 2.24) is 0 Å². The van der Waals surface area contributed by atoms with Gasteiger partial charge in [0.25, 0.3) is 0 Å². The molecule has 0 aromatic carbocycles. The van der Waals surface area contributed by atoms with Crippen LogP contribution in [0.15, 0.2) is 92.0 Å². The molecule has 0 aliphatic heterocycles. The molecule has 0 aliphatic carbocycles. The quantitative estimate of drug-likeness (QED) is 0.110. The Morgan fingerprint density at radius 2 is 0.830 bits per heavy atom. The molecule has 1 N–H and O–H groups in total. The fourth-order valence-corrected chi connectivity index (χ4v) is 7.77. The van der Waals surface area contributed by atoms with Gasteiger partial charge in [-0.25, -0.2) is 8.42 Å². The summed E-state index contributed by atoms with van der Waals surface area (Å²) in [5, 5.41) is 12.4. The van der Waals surface area contributed by atoms with Gasteiger partial charge in [0.2, 0.25) is 0 Å². The van der Waals surface area contributed by atoms with Crippen molar-refractivity contribution in [2.24, 2.45) is 0 Å². The van der Waals surface area contributed by atoms with Crippen molar-refractivity contribution in [2.75, 3.05) is 5.75 Å². The van der Waals surface area contributed by atoms with E-state index in [1.807, 2.05) is 13.8 Å². The SMILES string of the molecule is CCCS(=O)(=O)C(=C(C)CCC=C(C)C)C(O)(CC=C(C)CCC=C(C)CCC=C(C)C)CC=C(C)CCC=C(C)CCC=C(C)C. The molecule has 0 amide bonds. The summed E-state index contributed by atoms with van der Waals surface area (Å²) in [5.74, 6) is 0.0453. The minimum atomic E-state index is -3.64. The van der Waals surface area contributed by atoms with E-state index in [2.05, 4.69) is 112 Å². The molecular formula is C43H72O3S. The van der Waals surface area contributed by atoms with E-state index in [-0.39, 0.29) is 23.5 Å². The van der Waals surface area contributed by atoms with Gasteiger partial charge < -0.3 is 5.11 Å². The maximum absolute atomic E-state index is 13.9. The Labute approximate surface area is 292 Å². The summed E-state index contributed by atoms with van der Waals surface area (Å²) in [6, 6.07) is 0. The van der Waals surface area contributed by atoms with Crippen LogP contribution in [-0.4, -0.2) is 24.9 Å². The number of allylic oxidation sites excluding steroid dienone is 13. The van der Waals surface area contributed by atoms with Crippen LogP contribution < -0.4 is 0 Å². The lowest BCUT2D eigenvalue weighted by atomic mass is 9.89. The molecular weight excluding hydrogens is 597 g/mol. The van der Waals surface area contributed by atoms with Gasteiger partial charge >= 0.3 is 0 Å². The van der Waals surface area contributed by atoms with E-state index >= 15 is 0 Å². The van der Waals surface area contributed by atoms with E-state index in [9.17, 15) is 13.5 Å². The number of sulfone groups is 1. The van der Waals surface area contributed by atoms with Gasteiger partial charge in [-0.2, -0.15) is 0 Å². The highest BCUT2D eigenvalue weighted by Crippen LogP contribution is 2.36. The summed E-state index contributed by atoms with van der Waals surface area (Å²) in [6.45, 7) is 25.1. The van der Waals surface area contributed by atoms with E-state index in [1.165, 1.54) is 39.0 Å². The van der Waals surface area contributed by atoms with Crippen molar-refractivity contribution < 1.29 is 13.5 Å². The van der Waals surface area contributed by atoms with Crippen molar-refractivity contribution in [3.8, 4) is 0 Å². The van der Waals surface area contributed by atoms with Crippen LogP contribution in [0.25, 0.3) is 0 Å². The Kier molecular flexibility index (Phi) is 22.9. The van der Waals surface area contributed by atoms with E-state index in [4.69, 9.17) is 0 Å². The van der Waals surface area contributed by atoms with Gasteiger partial charge in [0.15, 0.2) is 9.84 Å². The highest BCUT2D eigenvalue weighted by atomic mass is 32.2. The van der Waals surface area contributed by atoms with Crippen LogP contribution in [0, 0.1) is 0 Å². The van der Waals surface area contributed by atoms with Crippen LogP contribution in [0.1, 0.15) is 167 Å². The number of hydrogen-bond donors (Lipinski definition) is 1. The second-order valence-corrected chi connectivity index (χ2v) is 16.7. The standard InChI is InChI=1S/C43H72O3S/c1-13-33-47(45,46)42(41(12)28-16-21-36(6)7)43(44,31-29-39(10)26-17-24-37(8)22-14-19-34(2)3)32-30-40(11)27-18-25-38(9)23-15-20-35(4)5/h19-21,24-25,29-30,44H,13-18,22-23,26-28,31-33H2,1-12H3. The van der Waals surface area contributed by atoms with Crippen molar-refractivity contribution in [3.63, 3.8) is 0 Å². The predicted molar refractivity (Wildman–Crippen MR) is 210 cm³/mol. The molecule has 47 heavy (non-hydrogen) atoms. The number of hydrogen-bond acceptors (Lipinski definition) is 3. The molecule has 0 rings (SSSR count). The molecule has 0 atom stereocenters. The largest absolute Gasteiger partial charge is 0.384 e. The lowest BCUT2D eigenvalue weighted by Gasteiger charge is -2.31. The molecule has 268 valence electrons. The van der Waals surface area contributed by atoms with Gasteiger partial charge in [0.1, 0.15) is 5.60 Å². The monoisotopic (exact) mass is 669 g/mol. The smallest absolute Gasteiger partial charge is 0.177 e. The molecule has 0 saturated carbocycles. The summed E-state index contributed by atoms with van der Waals surface area (Å²) in [6.07, 6.45) is 25.9. The zero-order valence-corrected chi connectivity index (χ0v) is 33.4.